The van der Waals surface area contributed by atoms with Crippen LogP contribution in [0, 0.1) is 11.6 Å². The van der Waals surface area contributed by atoms with Gasteiger partial charge < -0.3 is 15.8 Å². The van der Waals surface area contributed by atoms with Gasteiger partial charge >= 0.3 is 0 Å². The maximum atomic E-state index is 13.6. The van der Waals surface area contributed by atoms with E-state index >= 15 is 0 Å². The second-order valence-electron chi connectivity index (χ2n) is 5.68. The predicted molar refractivity (Wildman–Crippen MR) is 90.4 cm³/mol. The van der Waals surface area contributed by atoms with Crippen LogP contribution in [0.3, 0.4) is 0 Å². The highest BCUT2D eigenvalue weighted by atomic mass is 19.1. The smallest absolute Gasteiger partial charge is 0.193 e. The van der Waals surface area contributed by atoms with Gasteiger partial charge in [-0.15, -0.1) is 0 Å². The Balaban J connectivity index is 1.65. The van der Waals surface area contributed by atoms with Crippen molar-refractivity contribution in [2.45, 2.75) is 25.3 Å². The quantitative estimate of drug-likeness (QED) is 0.649. The molecule has 0 spiro atoms. The average Bonchev–Trinajstić information content (AvgIpc) is 3.30. The Morgan fingerprint density at radius 2 is 2.12 bits per heavy atom. The van der Waals surface area contributed by atoms with Crippen LogP contribution < -0.4 is 15.8 Å². The Kier molecular flexibility index (Phi) is 4.64. The summed E-state index contributed by atoms with van der Waals surface area (Å²) < 4.78 is 32.2. The van der Waals surface area contributed by atoms with Crippen molar-refractivity contribution in [3.8, 4) is 5.75 Å². The molecule has 1 saturated carbocycles. The molecule has 1 aliphatic carbocycles. The van der Waals surface area contributed by atoms with Crippen molar-refractivity contribution in [2.24, 2.45) is 10.7 Å². The van der Waals surface area contributed by atoms with E-state index in [-0.39, 0.29) is 23.6 Å². The van der Waals surface area contributed by atoms with Crippen LogP contribution in [0.4, 0.5) is 14.5 Å². The fourth-order valence-electron chi connectivity index (χ4n) is 2.63. The van der Waals surface area contributed by atoms with Gasteiger partial charge in [-0.25, -0.2) is 13.8 Å². The zero-order valence-corrected chi connectivity index (χ0v) is 13.3. The highest BCUT2D eigenvalue weighted by molar-refractivity contribution is 5.92. The first kappa shape index (κ1) is 16.2. The number of rotatable bonds is 5. The van der Waals surface area contributed by atoms with Crippen molar-refractivity contribution < 1.29 is 13.5 Å². The fourth-order valence-corrected chi connectivity index (χ4v) is 2.63. The molecule has 0 radical (unpaired) electrons. The Bertz CT molecular complexity index is 764. The summed E-state index contributed by atoms with van der Waals surface area (Å²) in [4.78, 5) is 4.34. The van der Waals surface area contributed by atoms with Gasteiger partial charge in [0.25, 0.3) is 0 Å². The minimum Gasteiger partial charge on any atom is -0.494 e. The van der Waals surface area contributed by atoms with E-state index in [2.05, 4.69) is 10.3 Å². The summed E-state index contributed by atoms with van der Waals surface area (Å²) in [5.41, 5.74) is 6.93. The number of halogens is 2. The highest BCUT2D eigenvalue weighted by Gasteiger charge is 2.38. The summed E-state index contributed by atoms with van der Waals surface area (Å²) in [6.07, 6.45) is 0.865. The van der Waals surface area contributed by atoms with Crippen LogP contribution in [0.15, 0.2) is 47.5 Å². The standard InChI is InChI=1S/C18H19F2N3O/c1-2-24-13-5-3-4-11(8-13)14-10-16(14)22-18(21)23-17-9-12(19)6-7-15(17)20/h3-9,14,16H,2,10H2,1H3,(H3,21,22,23)/t14-,16+/m0/s1. The van der Waals surface area contributed by atoms with Gasteiger partial charge in [-0.1, -0.05) is 12.1 Å². The van der Waals surface area contributed by atoms with Crippen LogP contribution in [-0.4, -0.2) is 18.6 Å². The number of guanidine groups is 1. The van der Waals surface area contributed by atoms with E-state index in [1.165, 1.54) is 0 Å². The number of ether oxygens (including phenoxy) is 1. The molecule has 1 fully saturated rings. The number of anilines is 1. The van der Waals surface area contributed by atoms with Gasteiger partial charge in [0, 0.05) is 12.0 Å². The summed E-state index contributed by atoms with van der Waals surface area (Å²) in [6.45, 7) is 2.56. The minimum absolute atomic E-state index is 0.0215. The minimum atomic E-state index is -0.577. The molecule has 4 nitrogen and oxygen atoms in total. The third kappa shape index (κ3) is 3.82. The summed E-state index contributed by atoms with van der Waals surface area (Å²) in [6, 6.07) is 11.1. The third-order valence-electron chi connectivity index (χ3n) is 3.85. The van der Waals surface area contributed by atoms with E-state index in [0.717, 1.165) is 35.9 Å². The first-order valence-electron chi connectivity index (χ1n) is 7.85. The second kappa shape index (κ2) is 6.86. The van der Waals surface area contributed by atoms with E-state index in [1.54, 1.807) is 0 Å². The number of benzene rings is 2. The monoisotopic (exact) mass is 331 g/mol. The summed E-state index contributed by atoms with van der Waals surface area (Å²) in [5, 5.41) is 2.61. The molecule has 0 aliphatic heterocycles. The molecule has 126 valence electrons. The molecule has 0 amide bonds. The Hall–Kier alpha value is -2.63. The van der Waals surface area contributed by atoms with E-state index in [9.17, 15) is 8.78 Å². The molecule has 3 rings (SSSR count). The van der Waals surface area contributed by atoms with Crippen molar-refractivity contribution in [1.29, 1.82) is 0 Å². The Labute approximate surface area is 139 Å². The molecular weight excluding hydrogens is 312 g/mol. The number of hydrogen-bond acceptors (Lipinski definition) is 2. The average molecular weight is 331 g/mol. The van der Waals surface area contributed by atoms with Crippen LogP contribution in [0.1, 0.15) is 24.8 Å². The molecule has 3 N–H and O–H groups in total. The summed E-state index contributed by atoms with van der Waals surface area (Å²) in [5.74, 6) is 0.0590. The molecule has 6 heteroatoms. The molecule has 2 aromatic carbocycles. The van der Waals surface area contributed by atoms with E-state index in [4.69, 9.17) is 10.5 Å². The number of nitrogens with two attached hydrogens (primary N) is 1. The van der Waals surface area contributed by atoms with Crippen LogP contribution in [0.25, 0.3) is 0 Å². The van der Waals surface area contributed by atoms with E-state index < -0.39 is 11.6 Å². The van der Waals surface area contributed by atoms with Gasteiger partial charge in [-0.3, -0.25) is 0 Å². The van der Waals surface area contributed by atoms with Crippen molar-refractivity contribution in [2.75, 3.05) is 11.9 Å². The third-order valence-corrected chi connectivity index (χ3v) is 3.85. The van der Waals surface area contributed by atoms with Crippen LogP contribution in [0.5, 0.6) is 5.75 Å². The zero-order valence-electron chi connectivity index (χ0n) is 13.3. The molecule has 24 heavy (non-hydrogen) atoms. The number of aliphatic imine (C=N–C) groups is 1. The first-order valence-corrected chi connectivity index (χ1v) is 7.85. The van der Waals surface area contributed by atoms with Crippen molar-refractivity contribution in [3.05, 3.63) is 59.7 Å². The van der Waals surface area contributed by atoms with Crippen LogP contribution >= 0.6 is 0 Å². The lowest BCUT2D eigenvalue weighted by Crippen LogP contribution is -2.24. The van der Waals surface area contributed by atoms with Crippen molar-refractivity contribution in [3.63, 3.8) is 0 Å². The molecular formula is C18H19F2N3O. The van der Waals surface area contributed by atoms with E-state index in [0.29, 0.717) is 6.61 Å². The van der Waals surface area contributed by atoms with Crippen molar-refractivity contribution in [1.82, 2.24) is 0 Å². The molecule has 0 heterocycles. The summed E-state index contributed by atoms with van der Waals surface area (Å²) >= 11 is 0. The highest BCUT2D eigenvalue weighted by Crippen LogP contribution is 2.44. The predicted octanol–water partition coefficient (Wildman–Crippen LogP) is 3.65. The number of hydrogen-bond donors (Lipinski definition) is 2. The first-order chi connectivity index (χ1) is 11.6. The number of nitrogens with one attached hydrogen (secondary N) is 1. The topological polar surface area (TPSA) is 59.6 Å². The molecule has 0 unspecified atom stereocenters. The molecule has 2 aromatic rings. The van der Waals surface area contributed by atoms with Crippen LogP contribution in [-0.2, 0) is 0 Å². The maximum absolute atomic E-state index is 13.6. The fraction of sp³-hybridized carbons (Fsp3) is 0.278. The lowest BCUT2D eigenvalue weighted by atomic mass is 10.1. The van der Waals surface area contributed by atoms with Gasteiger partial charge in [-0.05, 0) is 43.2 Å². The SMILES string of the molecule is CCOc1cccc([C@@H]2C[C@H]2N=C(N)Nc2cc(F)ccc2F)c1. The Morgan fingerprint density at radius 1 is 1.29 bits per heavy atom. The zero-order chi connectivity index (χ0) is 17.1. The second-order valence-corrected chi connectivity index (χ2v) is 5.68. The largest absolute Gasteiger partial charge is 0.494 e. The molecule has 2 atom stereocenters. The summed E-state index contributed by atoms with van der Waals surface area (Å²) in [7, 11) is 0. The lowest BCUT2D eigenvalue weighted by molar-refractivity contribution is 0.340. The maximum Gasteiger partial charge on any atom is 0.193 e. The van der Waals surface area contributed by atoms with Gasteiger partial charge in [0.2, 0.25) is 0 Å². The van der Waals surface area contributed by atoms with Gasteiger partial charge in [0.1, 0.15) is 17.4 Å². The molecule has 0 bridgehead atoms. The molecule has 1 aliphatic rings. The molecule has 0 aromatic heterocycles. The van der Waals surface area contributed by atoms with Gasteiger partial charge in [0.05, 0.1) is 18.3 Å². The van der Waals surface area contributed by atoms with Gasteiger partial charge in [0.15, 0.2) is 5.96 Å². The van der Waals surface area contributed by atoms with E-state index in [1.807, 2.05) is 31.2 Å². The Morgan fingerprint density at radius 3 is 2.92 bits per heavy atom. The normalized spacial score (nSPS) is 19.9. The van der Waals surface area contributed by atoms with Crippen molar-refractivity contribution >= 4 is 11.6 Å². The van der Waals surface area contributed by atoms with Crippen LogP contribution in [0.2, 0.25) is 0 Å². The van der Waals surface area contributed by atoms with Gasteiger partial charge in [-0.2, -0.15) is 0 Å². The number of nitrogens with zero attached hydrogens (tertiary/aromatic N) is 1. The molecule has 0 saturated heterocycles. The lowest BCUT2D eigenvalue weighted by Gasteiger charge is -2.07.